The fraction of sp³-hybridized carbons (Fsp3) is 0.556. The maximum atomic E-state index is 4.49. The predicted octanol–water partition coefficient (Wildman–Crippen LogP) is 1.26. The number of nitrogens with one attached hydrogen (secondary N) is 3. The van der Waals surface area contributed by atoms with Gasteiger partial charge < -0.3 is 5.32 Å². The summed E-state index contributed by atoms with van der Waals surface area (Å²) < 4.78 is 2.07. The number of fused-ring (bicyclic) bond motifs is 1. The molecule has 0 saturated carbocycles. The molecule has 0 bridgehead atoms. The summed E-state index contributed by atoms with van der Waals surface area (Å²) in [6, 6.07) is 9.70. The van der Waals surface area contributed by atoms with E-state index in [4.69, 9.17) is 0 Å². The lowest BCUT2D eigenvalue weighted by Gasteiger charge is -2.26. The molecule has 2 aliphatic heterocycles. The minimum atomic E-state index is 0.367. The lowest BCUT2D eigenvalue weighted by molar-refractivity contribution is 0.329. The lowest BCUT2D eigenvalue weighted by atomic mass is 9.94. The van der Waals surface area contributed by atoms with E-state index in [2.05, 4.69) is 62.1 Å². The zero-order chi connectivity index (χ0) is 16.5. The fourth-order valence-corrected chi connectivity index (χ4v) is 3.77. The van der Waals surface area contributed by atoms with Crippen molar-refractivity contribution in [2.45, 2.75) is 45.3 Å². The van der Waals surface area contributed by atoms with Gasteiger partial charge in [0.2, 0.25) is 0 Å². The second-order valence-corrected chi connectivity index (χ2v) is 7.07. The van der Waals surface area contributed by atoms with Gasteiger partial charge in [-0.25, -0.2) is 15.1 Å². The van der Waals surface area contributed by atoms with Crippen LogP contribution in [0.4, 0.5) is 0 Å². The van der Waals surface area contributed by atoms with Crippen molar-refractivity contribution in [3.05, 3.63) is 47.0 Å². The SMILES string of the molecule is Cc1ccc(C2NNCC2CNC2CCc3nc(C)nn3C2)cc1. The van der Waals surface area contributed by atoms with Gasteiger partial charge in [0.05, 0.1) is 12.6 Å². The molecule has 0 spiro atoms. The van der Waals surface area contributed by atoms with Crippen molar-refractivity contribution in [3.8, 4) is 0 Å². The van der Waals surface area contributed by atoms with Crippen molar-refractivity contribution in [2.75, 3.05) is 13.1 Å². The van der Waals surface area contributed by atoms with E-state index in [-0.39, 0.29) is 0 Å². The van der Waals surface area contributed by atoms with Crippen LogP contribution < -0.4 is 16.2 Å². The summed E-state index contributed by atoms with van der Waals surface area (Å²) in [7, 11) is 0. The smallest absolute Gasteiger partial charge is 0.147 e. The third-order valence-electron chi connectivity index (χ3n) is 5.16. The van der Waals surface area contributed by atoms with E-state index in [1.165, 1.54) is 11.1 Å². The number of hydrogen-bond acceptors (Lipinski definition) is 5. The number of hydrazine groups is 1. The topological polar surface area (TPSA) is 66.8 Å². The Hall–Kier alpha value is -1.76. The van der Waals surface area contributed by atoms with Crippen molar-refractivity contribution in [2.24, 2.45) is 5.92 Å². The van der Waals surface area contributed by atoms with E-state index in [0.717, 1.165) is 44.1 Å². The Morgan fingerprint density at radius 3 is 2.92 bits per heavy atom. The average Bonchev–Trinajstić information content (AvgIpc) is 3.18. The van der Waals surface area contributed by atoms with Crippen LogP contribution in [0, 0.1) is 19.8 Å². The van der Waals surface area contributed by atoms with Crippen LogP contribution in [0.2, 0.25) is 0 Å². The van der Waals surface area contributed by atoms with Crippen LogP contribution in [-0.4, -0.2) is 33.9 Å². The van der Waals surface area contributed by atoms with Crippen LogP contribution in [0.3, 0.4) is 0 Å². The molecule has 2 aromatic rings. The fourth-order valence-electron chi connectivity index (χ4n) is 3.77. The van der Waals surface area contributed by atoms with Crippen molar-refractivity contribution in [1.29, 1.82) is 0 Å². The highest BCUT2D eigenvalue weighted by atomic mass is 15.4. The number of nitrogens with zero attached hydrogens (tertiary/aromatic N) is 3. The van der Waals surface area contributed by atoms with Crippen LogP contribution in [0.5, 0.6) is 0 Å². The molecule has 1 saturated heterocycles. The highest BCUT2D eigenvalue weighted by molar-refractivity contribution is 5.25. The zero-order valence-corrected chi connectivity index (χ0v) is 14.4. The summed E-state index contributed by atoms with van der Waals surface area (Å²) in [4.78, 5) is 4.49. The molecule has 0 amide bonds. The second-order valence-electron chi connectivity index (χ2n) is 7.07. The highest BCUT2D eigenvalue weighted by Gasteiger charge is 2.29. The molecule has 3 heterocycles. The van der Waals surface area contributed by atoms with Crippen molar-refractivity contribution in [3.63, 3.8) is 0 Å². The normalized spacial score (nSPS) is 26.5. The number of aromatic nitrogens is 3. The molecule has 1 aromatic heterocycles. The first-order valence-electron chi connectivity index (χ1n) is 8.88. The Morgan fingerprint density at radius 2 is 2.08 bits per heavy atom. The van der Waals surface area contributed by atoms with Crippen LogP contribution in [0.25, 0.3) is 0 Å². The van der Waals surface area contributed by atoms with Gasteiger partial charge in [-0.15, -0.1) is 0 Å². The first kappa shape index (κ1) is 15.7. The summed E-state index contributed by atoms with van der Waals surface area (Å²) in [6.45, 7) is 7.03. The second kappa shape index (κ2) is 6.63. The summed E-state index contributed by atoms with van der Waals surface area (Å²) in [6.07, 6.45) is 2.15. The van der Waals surface area contributed by atoms with Crippen LogP contribution in [0.15, 0.2) is 24.3 Å². The first-order valence-corrected chi connectivity index (χ1v) is 8.88. The molecular formula is C18H26N6. The molecular weight excluding hydrogens is 300 g/mol. The Kier molecular flexibility index (Phi) is 4.35. The Labute approximate surface area is 143 Å². The molecule has 6 heteroatoms. The largest absolute Gasteiger partial charge is 0.312 e. The van der Waals surface area contributed by atoms with Gasteiger partial charge in [-0.3, -0.25) is 5.43 Å². The zero-order valence-electron chi connectivity index (χ0n) is 14.4. The molecule has 3 unspecified atom stereocenters. The van der Waals surface area contributed by atoms with Gasteiger partial charge >= 0.3 is 0 Å². The maximum absolute atomic E-state index is 4.49. The van der Waals surface area contributed by atoms with E-state index >= 15 is 0 Å². The van der Waals surface area contributed by atoms with E-state index in [0.29, 0.717) is 18.0 Å². The molecule has 24 heavy (non-hydrogen) atoms. The summed E-state index contributed by atoms with van der Waals surface area (Å²) >= 11 is 0. The third kappa shape index (κ3) is 3.22. The van der Waals surface area contributed by atoms with Crippen LogP contribution in [-0.2, 0) is 13.0 Å². The van der Waals surface area contributed by atoms with Crippen LogP contribution >= 0.6 is 0 Å². The Bertz CT molecular complexity index is 692. The Balaban J connectivity index is 1.36. The summed E-state index contributed by atoms with van der Waals surface area (Å²) in [5, 5.41) is 8.25. The molecule has 3 N–H and O–H groups in total. The van der Waals surface area contributed by atoms with E-state index in [9.17, 15) is 0 Å². The molecule has 0 radical (unpaired) electrons. The van der Waals surface area contributed by atoms with E-state index < -0.39 is 0 Å². The van der Waals surface area contributed by atoms with E-state index in [1.54, 1.807) is 0 Å². The monoisotopic (exact) mass is 326 g/mol. The quantitative estimate of drug-likeness (QED) is 0.789. The minimum absolute atomic E-state index is 0.367. The lowest BCUT2D eigenvalue weighted by Crippen LogP contribution is -2.41. The molecule has 1 fully saturated rings. The highest BCUT2D eigenvalue weighted by Crippen LogP contribution is 2.25. The van der Waals surface area contributed by atoms with Gasteiger partial charge in [0.25, 0.3) is 0 Å². The van der Waals surface area contributed by atoms with Gasteiger partial charge in [-0.05, 0) is 25.8 Å². The average molecular weight is 326 g/mol. The number of rotatable bonds is 4. The number of aryl methyl sites for hydroxylation is 3. The number of hydrogen-bond donors (Lipinski definition) is 3. The molecule has 1 aromatic carbocycles. The first-order chi connectivity index (χ1) is 11.7. The standard InChI is InChI=1S/C18H26N6/c1-12-3-5-14(6-4-12)18-15(10-20-22-18)9-19-16-7-8-17-21-13(2)23-24(17)11-16/h3-6,15-16,18-20,22H,7-11H2,1-2H3. The van der Waals surface area contributed by atoms with Crippen molar-refractivity contribution in [1.82, 2.24) is 30.9 Å². The molecule has 0 aliphatic carbocycles. The molecule has 4 rings (SSSR count). The number of benzene rings is 1. The molecule has 6 nitrogen and oxygen atoms in total. The molecule has 3 atom stereocenters. The van der Waals surface area contributed by atoms with Crippen LogP contribution in [0.1, 0.15) is 35.2 Å². The Morgan fingerprint density at radius 1 is 1.25 bits per heavy atom. The summed E-state index contributed by atoms with van der Waals surface area (Å²) in [5.74, 6) is 2.56. The summed E-state index contributed by atoms with van der Waals surface area (Å²) in [5.41, 5.74) is 9.42. The molecule has 128 valence electrons. The van der Waals surface area contributed by atoms with E-state index in [1.807, 2.05) is 6.92 Å². The molecule has 2 aliphatic rings. The third-order valence-corrected chi connectivity index (χ3v) is 5.16. The predicted molar refractivity (Wildman–Crippen MR) is 93.4 cm³/mol. The van der Waals surface area contributed by atoms with Gasteiger partial charge in [0.15, 0.2) is 0 Å². The van der Waals surface area contributed by atoms with Gasteiger partial charge in [0.1, 0.15) is 11.6 Å². The van der Waals surface area contributed by atoms with Gasteiger partial charge in [-0.2, -0.15) is 5.10 Å². The minimum Gasteiger partial charge on any atom is -0.312 e. The van der Waals surface area contributed by atoms with Crippen molar-refractivity contribution >= 4 is 0 Å². The van der Waals surface area contributed by atoms with Gasteiger partial charge in [0, 0.05) is 31.5 Å². The maximum Gasteiger partial charge on any atom is 0.147 e. The van der Waals surface area contributed by atoms with Crippen molar-refractivity contribution < 1.29 is 0 Å². The van der Waals surface area contributed by atoms with Gasteiger partial charge in [-0.1, -0.05) is 29.8 Å².